The van der Waals surface area contributed by atoms with Gasteiger partial charge in [0.05, 0.1) is 0 Å². The van der Waals surface area contributed by atoms with Crippen molar-refractivity contribution >= 4 is 0 Å². The first-order valence-corrected chi connectivity index (χ1v) is 25.1. The molecule has 8 rings (SSSR count). The van der Waals surface area contributed by atoms with Gasteiger partial charge in [0.2, 0.25) is 0 Å². The van der Waals surface area contributed by atoms with Gasteiger partial charge in [0, 0.05) is 11.1 Å². The Morgan fingerprint density at radius 3 is 0.950 bits per heavy atom. The molecule has 0 heterocycles. The SMILES string of the molecule is CCCC1CCC(c2ccc(-c3ccc(C4CCC(C)CC4)cc3F)cc2)CC1.CCCC1CCC(c2ccc(-c3ccc(C4CCC(CCC)CC4)cc3F)cc2)CC1. The van der Waals surface area contributed by atoms with Crippen molar-refractivity contribution in [3.05, 3.63) is 119 Å². The van der Waals surface area contributed by atoms with Crippen molar-refractivity contribution < 1.29 is 8.78 Å². The molecule has 0 N–H and O–H groups in total. The summed E-state index contributed by atoms with van der Waals surface area (Å²) in [6, 6.07) is 29.6. The fraction of sp³-hybridized carbons (Fsp3) is 0.586. The lowest BCUT2D eigenvalue weighted by Gasteiger charge is -2.29. The number of halogens is 2. The number of benzene rings is 4. The summed E-state index contributed by atoms with van der Waals surface area (Å²) in [5.41, 5.74) is 8.80. The van der Waals surface area contributed by atoms with Crippen molar-refractivity contribution in [1.29, 1.82) is 0 Å². The van der Waals surface area contributed by atoms with Gasteiger partial charge < -0.3 is 0 Å². The second-order valence-electron chi connectivity index (χ2n) is 20.2. The standard InChI is InChI=1S/C30H41F.C28H37F/c1-3-5-22-7-11-24(12-8-22)25-15-17-27(18-16-25)29-20-19-28(21-30(29)31)26-13-9-23(6-4-2)10-14-26;1-3-4-21-7-11-22(12-8-21)23-13-15-25(16-14-23)27-18-17-26(19-28(27)29)24-9-5-20(2)6-10-24/h15-24,26H,3-14H2,1-2H3;13-22,24H,3-12H2,1-2H3. The Labute approximate surface area is 364 Å². The quantitative estimate of drug-likeness (QED) is 0.134. The van der Waals surface area contributed by atoms with E-state index in [9.17, 15) is 4.39 Å². The fourth-order valence-corrected chi connectivity index (χ4v) is 12.1. The molecule has 0 aromatic heterocycles. The summed E-state index contributed by atoms with van der Waals surface area (Å²) >= 11 is 0. The van der Waals surface area contributed by atoms with E-state index in [-0.39, 0.29) is 11.6 Å². The molecule has 0 nitrogen and oxygen atoms in total. The second-order valence-corrected chi connectivity index (χ2v) is 20.2. The molecular weight excluding hydrogens is 735 g/mol. The van der Waals surface area contributed by atoms with Gasteiger partial charge >= 0.3 is 0 Å². The van der Waals surface area contributed by atoms with Crippen LogP contribution < -0.4 is 0 Å². The Morgan fingerprint density at radius 1 is 0.367 bits per heavy atom. The lowest BCUT2D eigenvalue weighted by Crippen LogP contribution is -2.13. The molecule has 0 saturated heterocycles. The van der Waals surface area contributed by atoms with Crippen molar-refractivity contribution in [3.8, 4) is 22.3 Å². The maximum atomic E-state index is 15.1. The van der Waals surface area contributed by atoms with Crippen LogP contribution in [-0.2, 0) is 0 Å². The van der Waals surface area contributed by atoms with Gasteiger partial charge in [0.25, 0.3) is 0 Å². The van der Waals surface area contributed by atoms with E-state index in [1.807, 2.05) is 18.2 Å². The zero-order chi connectivity index (χ0) is 41.8. The third kappa shape index (κ3) is 11.8. The lowest BCUT2D eigenvalue weighted by molar-refractivity contribution is 0.308. The Hall–Kier alpha value is -3.26. The minimum absolute atomic E-state index is 0.0546. The Kier molecular flexibility index (Phi) is 16.6. The molecule has 4 fully saturated rings. The van der Waals surface area contributed by atoms with Crippen molar-refractivity contribution in [2.75, 3.05) is 0 Å². The molecule has 0 radical (unpaired) electrons. The Bertz CT molecular complexity index is 1860. The molecule has 4 aromatic carbocycles. The summed E-state index contributed by atoms with van der Waals surface area (Å²) in [6.07, 6.45) is 28.8. The van der Waals surface area contributed by atoms with Crippen molar-refractivity contribution in [2.24, 2.45) is 23.7 Å². The maximum absolute atomic E-state index is 15.1. The van der Waals surface area contributed by atoms with E-state index >= 15 is 4.39 Å². The van der Waals surface area contributed by atoms with Crippen LogP contribution in [0.3, 0.4) is 0 Å². The molecule has 4 aromatic rings. The smallest absolute Gasteiger partial charge is 0.131 e. The first-order chi connectivity index (χ1) is 29.3. The average molecular weight is 813 g/mol. The van der Waals surface area contributed by atoms with Crippen LogP contribution in [0.5, 0.6) is 0 Å². The van der Waals surface area contributed by atoms with Crippen LogP contribution in [0.2, 0.25) is 0 Å². The summed E-state index contributed by atoms with van der Waals surface area (Å²) in [5.74, 6) is 5.96. The highest BCUT2D eigenvalue weighted by Gasteiger charge is 2.26. The first kappa shape index (κ1) is 44.8. The van der Waals surface area contributed by atoms with Crippen molar-refractivity contribution in [2.45, 2.75) is 193 Å². The highest BCUT2D eigenvalue weighted by Crippen LogP contribution is 2.42. The zero-order valence-corrected chi connectivity index (χ0v) is 38.0. The highest BCUT2D eigenvalue weighted by molar-refractivity contribution is 5.66. The molecule has 2 heteroatoms. The van der Waals surface area contributed by atoms with Crippen LogP contribution in [0, 0.1) is 35.3 Å². The van der Waals surface area contributed by atoms with Crippen LogP contribution in [0.25, 0.3) is 22.3 Å². The molecule has 4 aliphatic carbocycles. The van der Waals surface area contributed by atoms with Crippen LogP contribution >= 0.6 is 0 Å². The molecule has 0 spiro atoms. The molecular formula is C58H78F2. The molecule has 4 aliphatic rings. The number of hydrogen-bond acceptors (Lipinski definition) is 0. The van der Waals surface area contributed by atoms with Crippen molar-refractivity contribution in [1.82, 2.24) is 0 Å². The van der Waals surface area contributed by atoms with Gasteiger partial charge in [-0.3, -0.25) is 0 Å². The summed E-state index contributed by atoms with van der Waals surface area (Å²) in [7, 11) is 0. The van der Waals surface area contributed by atoms with E-state index in [0.29, 0.717) is 23.7 Å². The van der Waals surface area contributed by atoms with Crippen LogP contribution in [0.15, 0.2) is 84.9 Å². The molecule has 0 bridgehead atoms. The van der Waals surface area contributed by atoms with Gasteiger partial charge in [-0.15, -0.1) is 0 Å². The minimum atomic E-state index is -0.0612. The third-order valence-electron chi connectivity index (χ3n) is 16.0. The first-order valence-electron chi connectivity index (χ1n) is 25.1. The zero-order valence-electron chi connectivity index (χ0n) is 38.0. The summed E-state index contributed by atoms with van der Waals surface area (Å²) < 4.78 is 30.0. The summed E-state index contributed by atoms with van der Waals surface area (Å²) in [6.45, 7) is 9.21. The van der Waals surface area contributed by atoms with Gasteiger partial charge in [-0.2, -0.15) is 0 Å². The molecule has 0 amide bonds. The van der Waals surface area contributed by atoms with E-state index in [4.69, 9.17) is 0 Å². The minimum Gasteiger partial charge on any atom is -0.206 e. The summed E-state index contributed by atoms with van der Waals surface area (Å²) in [4.78, 5) is 0. The van der Waals surface area contributed by atoms with Crippen LogP contribution in [0.4, 0.5) is 8.78 Å². The Balaban J connectivity index is 0.000000182. The number of hydrogen-bond donors (Lipinski definition) is 0. The Morgan fingerprint density at radius 2 is 0.650 bits per heavy atom. The van der Waals surface area contributed by atoms with Gasteiger partial charge in [0.15, 0.2) is 0 Å². The van der Waals surface area contributed by atoms with Gasteiger partial charge in [-0.05, 0) is 183 Å². The molecule has 0 aliphatic heterocycles. The van der Waals surface area contributed by atoms with E-state index in [2.05, 4.69) is 88.4 Å². The van der Waals surface area contributed by atoms with E-state index in [0.717, 1.165) is 45.9 Å². The van der Waals surface area contributed by atoms with Gasteiger partial charge in [-0.1, -0.05) is 152 Å². The molecule has 324 valence electrons. The fourth-order valence-electron chi connectivity index (χ4n) is 12.1. The average Bonchev–Trinajstić information content (AvgIpc) is 3.28. The predicted molar refractivity (Wildman–Crippen MR) is 253 cm³/mol. The molecule has 4 saturated carbocycles. The third-order valence-corrected chi connectivity index (χ3v) is 16.0. The van der Waals surface area contributed by atoms with Crippen molar-refractivity contribution in [3.63, 3.8) is 0 Å². The van der Waals surface area contributed by atoms with E-state index in [1.165, 1.54) is 164 Å². The highest BCUT2D eigenvalue weighted by atomic mass is 19.1. The second kappa shape index (κ2) is 22.2. The lowest BCUT2D eigenvalue weighted by atomic mass is 9.77. The van der Waals surface area contributed by atoms with Gasteiger partial charge in [-0.25, -0.2) is 8.78 Å². The number of rotatable bonds is 12. The molecule has 0 unspecified atom stereocenters. The van der Waals surface area contributed by atoms with Crippen LogP contribution in [0.1, 0.15) is 215 Å². The van der Waals surface area contributed by atoms with Gasteiger partial charge in [0.1, 0.15) is 11.6 Å². The summed E-state index contributed by atoms with van der Waals surface area (Å²) in [5, 5.41) is 0. The van der Waals surface area contributed by atoms with E-state index < -0.39 is 0 Å². The van der Waals surface area contributed by atoms with Crippen LogP contribution in [-0.4, -0.2) is 0 Å². The largest absolute Gasteiger partial charge is 0.206 e. The maximum Gasteiger partial charge on any atom is 0.131 e. The topological polar surface area (TPSA) is 0 Å². The molecule has 60 heavy (non-hydrogen) atoms. The predicted octanol–water partition coefficient (Wildman–Crippen LogP) is 18.5. The van der Waals surface area contributed by atoms with E-state index in [1.54, 1.807) is 6.07 Å². The normalized spacial score (nSPS) is 27.2. The monoisotopic (exact) mass is 813 g/mol. The molecule has 0 atom stereocenters.